The summed E-state index contributed by atoms with van der Waals surface area (Å²) in [6, 6.07) is 12.2. The normalized spacial score (nSPS) is 12.5. The first-order chi connectivity index (χ1) is 13.2. The zero-order valence-corrected chi connectivity index (χ0v) is 14.4. The number of carbonyl (C=O) groups is 2. The molecule has 136 valence electrons. The van der Waals surface area contributed by atoms with Crippen LogP contribution >= 0.6 is 0 Å². The van der Waals surface area contributed by atoms with Gasteiger partial charge in [-0.05, 0) is 37.3 Å². The molecule has 2 heterocycles. The molecule has 2 N–H and O–H groups in total. The summed E-state index contributed by atoms with van der Waals surface area (Å²) in [6.45, 7) is 1.89. The van der Waals surface area contributed by atoms with E-state index >= 15 is 0 Å². The summed E-state index contributed by atoms with van der Waals surface area (Å²) >= 11 is 0. The van der Waals surface area contributed by atoms with Crippen LogP contribution in [0.3, 0.4) is 0 Å². The quantitative estimate of drug-likeness (QED) is 0.685. The lowest BCUT2D eigenvalue weighted by atomic mass is 10.2. The molecule has 0 spiro atoms. The third-order valence-corrected chi connectivity index (χ3v) is 4.00. The fourth-order valence-corrected chi connectivity index (χ4v) is 2.81. The van der Waals surface area contributed by atoms with Crippen LogP contribution in [0, 0.1) is 0 Å². The number of furan rings is 1. The van der Waals surface area contributed by atoms with E-state index in [1.54, 1.807) is 49.4 Å². The van der Waals surface area contributed by atoms with Crippen molar-refractivity contribution in [2.24, 2.45) is 0 Å². The molecule has 0 bridgehead atoms. The van der Waals surface area contributed by atoms with Crippen LogP contribution < -0.4 is 20.1 Å². The number of fused-ring (bicyclic) bond motifs is 2. The van der Waals surface area contributed by atoms with Crippen LogP contribution in [0.2, 0.25) is 0 Å². The standard InChI is InChI=1S/C20H16N2O5/c1-2-5-17(23)22-18-13-6-3-4-7-14(13)27-19(18)20(24)21-12-8-9-15-16(10-12)26-11-25-15/h2-10H,11H2,1H3,(H,21,24)(H,22,23)/b5-2+. The van der Waals surface area contributed by atoms with Gasteiger partial charge in [0.15, 0.2) is 11.5 Å². The highest BCUT2D eigenvalue weighted by atomic mass is 16.7. The maximum Gasteiger partial charge on any atom is 0.293 e. The summed E-state index contributed by atoms with van der Waals surface area (Å²) in [5.41, 5.74) is 1.35. The van der Waals surface area contributed by atoms with E-state index in [1.165, 1.54) is 6.08 Å². The zero-order valence-electron chi connectivity index (χ0n) is 14.4. The molecule has 0 saturated heterocycles. The van der Waals surface area contributed by atoms with Crippen molar-refractivity contribution in [2.45, 2.75) is 6.92 Å². The van der Waals surface area contributed by atoms with Crippen molar-refractivity contribution in [3.05, 3.63) is 60.4 Å². The molecule has 7 heteroatoms. The van der Waals surface area contributed by atoms with E-state index in [0.717, 1.165) is 0 Å². The zero-order chi connectivity index (χ0) is 18.8. The van der Waals surface area contributed by atoms with Crippen molar-refractivity contribution >= 4 is 34.2 Å². The molecule has 0 saturated carbocycles. The molecule has 0 unspecified atom stereocenters. The van der Waals surface area contributed by atoms with Gasteiger partial charge in [-0.2, -0.15) is 0 Å². The first-order valence-electron chi connectivity index (χ1n) is 8.32. The Hall–Kier alpha value is -3.74. The van der Waals surface area contributed by atoms with Gasteiger partial charge in [0.1, 0.15) is 11.3 Å². The van der Waals surface area contributed by atoms with E-state index in [0.29, 0.717) is 33.8 Å². The second-order valence-electron chi connectivity index (χ2n) is 5.81. The molecule has 3 aromatic rings. The largest absolute Gasteiger partial charge is 0.454 e. The number of benzene rings is 2. The topological polar surface area (TPSA) is 89.8 Å². The van der Waals surface area contributed by atoms with Gasteiger partial charge in [0, 0.05) is 17.1 Å². The summed E-state index contributed by atoms with van der Waals surface area (Å²) in [5, 5.41) is 6.12. The Morgan fingerprint density at radius 2 is 1.85 bits per heavy atom. The second-order valence-corrected chi connectivity index (χ2v) is 5.81. The minimum absolute atomic E-state index is 0.0201. The van der Waals surface area contributed by atoms with Gasteiger partial charge in [0.25, 0.3) is 5.91 Å². The molecule has 0 radical (unpaired) electrons. The smallest absolute Gasteiger partial charge is 0.293 e. The number of allylic oxidation sites excluding steroid dienone is 1. The number of nitrogens with one attached hydrogen (secondary N) is 2. The highest BCUT2D eigenvalue weighted by molar-refractivity contribution is 6.15. The lowest BCUT2D eigenvalue weighted by molar-refractivity contribution is -0.111. The number of hydrogen-bond acceptors (Lipinski definition) is 5. The average molecular weight is 364 g/mol. The van der Waals surface area contributed by atoms with Crippen molar-refractivity contribution in [1.82, 2.24) is 0 Å². The minimum atomic E-state index is -0.485. The van der Waals surface area contributed by atoms with Crippen molar-refractivity contribution in [1.29, 1.82) is 0 Å². The second kappa shape index (κ2) is 6.87. The first kappa shape index (κ1) is 16.7. The van der Waals surface area contributed by atoms with E-state index in [1.807, 2.05) is 6.07 Å². The van der Waals surface area contributed by atoms with Gasteiger partial charge >= 0.3 is 0 Å². The van der Waals surface area contributed by atoms with E-state index in [9.17, 15) is 9.59 Å². The molecular weight excluding hydrogens is 348 g/mol. The van der Waals surface area contributed by atoms with Crippen molar-refractivity contribution in [2.75, 3.05) is 17.4 Å². The van der Waals surface area contributed by atoms with Crippen LogP contribution in [-0.2, 0) is 4.79 Å². The van der Waals surface area contributed by atoms with Gasteiger partial charge < -0.3 is 24.5 Å². The monoisotopic (exact) mass is 364 g/mol. The van der Waals surface area contributed by atoms with Gasteiger partial charge in [-0.3, -0.25) is 9.59 Å². The Balaban J connectivity index is 1.67. The molecule has 1 aliphatic rings. The summed E-state index contributed by atoms with van der Waals surface area (Å²) in [4.78, 5) is 24.8. The molecule has 4 rings (SSSR count). The number of amides is 2. The SMILES string of the molecule is C/C=C/C(=O)Nc1c(C(=O)Nc2ccc3c(c2)OCO3)oc2ccccc12. The van der Waals surface area contributed by atoms with E-state index in [4.69, 9.17) is 13.9 Å². The van der Waals surface area contributed by atoms with Crippen LogP contribution in [0.25, 0.3) is 11.0 Å². The number of hydrogen-bond donors (Lipinski definition) is 2. The highest BCUT2D eigenvalue weighted by Gasteiger charge is 2.22. The predicted octanol–water partition coefficient (Wildman–Crippen LogP) is 3.93. The average Bonchev–Trinajstić information content (AvgIpc) is 3.26. The third kappa shape index (κ3) is 3.22. The van der Waals surface area contributed by atoms with Crippen LogP contribution in [-0.4, -0.2) is 18.6 Å². The highest BCUT2D eigenvalue weighted by Crippen LogP contribution is 2.35. The fraction of sp³-hybridized carbons (Fsp3) is 0.100. The Morgan fingerprint density at radius 3 is 2.70 bits per heavy atom. The number of anilines is 2. The van der Waals surface area contributed by atoms with Gasteiger partial charge in [-0.25, -0.2) is 0 Å². The lowest BCUT2D eigenvalue weighted by Crippen LogP contribution is -2.15. The van der Waals surface area contributed by atoms with Gasteiger partial charge in [-0.15, -0.1) is 0 Å². The van der Waals surface area contributed by atoms with Crippen LogP contribution in [0.5, 0.6) is 11.5 Å². The molecule has 0 fully saturated rings. The van der Waals surface area contributed by atoms with Crippen LogP contribution in [0.1, 0.15) is 17.5 Å². The van der Waals surface area contributed by atoms with E-state index in [2.05, 4.69) is 10.6 Å². The molecular formula is C20H16N2O5. The van der Waals surface area contributed by atoms with Gasteiger partial charge in [0.2, 0.25) is 18.5 Å². The minimum Gasteiger partial charge on any atom is -0.454 e. The summed E-state index contributed by atoms with van der Waals surface area (Å²) in [7, 11) is 0. The lowest BCUT2D eigenvalue weighted by Gasteiger charge is -2.07. The summed E-state index contributed by atoms with van der Waals surface area (Å²) in [6.07, 6.45) is 2.99. The fourth-order valence-electron chi connectivity index (χ4n) is 2.81. The van der Waals surface area contributed by atoms with Crippen LogP contribution in [0.4, 0.5) is 11.4 Å². The predicted molar refractivity (Wildman–Crippen MR) is 100 cm³/mol. The Bertz CT molecular complexity index is 1070. The number of ether oxygens (including phenoxy) is 2. The van der Waals surface area contributed by atoms with Crippen molar-refractivity contribution in [3.63, 3.8) is 0 Å². The molecule has 1 aliphatic heterocycles. The Labute approximate surface area is 154 Å². The molecule has 27 heavy (non-hydrogen) atoms. The first-order valence-corrected chi connectivity index (χ1v) is 8.32. The molecule has 2 aromatic carbocycles. The maximum atomic E-state index is 12.8. The Kier molecular flexibility index (Phi) is 4.25. The molecule has 1 aromatic heterocycles. The third-order valence-electron chi connectivity index (χ3n) is 4.00. The molecule has 2 amide bonds. The van der Waals surface area contributed by atoms with Gasteiger partial charge in [0.05, 0.1) is 0 Å². The molecule has 7 nitrogen and oxygen atoms in total. The van der Waals surface area contributed by atoms with Crippen molar-refractivity contribution < 1.29 is 23.5 Å². The summed E-state index contributed by atoms with van der Waals surface area (Å²) < 4.78 is 16.3. The van der Waals surface area contributed by atoms with Crippen LogP contribution in [0.15, 0.2) is 59.0 Å². The number of para-hydroxylation sites is 1. The van der Waals surface area contributed by atoms with Crippen molar-refractivity contribution in [3.8, 4) is 11.5 Å². The van der Waals surface area contributed by atoms with E-state index < -0.39 is 5.91 Å². The summed E-state index contributed by atoms with van der Waals surface area (Å²) in [5.74, 6) is 0.365. The van der Waals surface area contributed by atoms with Gasteiger partial charge in [-0.1, -0.05) is 18.2 Å². The number of carbonyl (C=O) groups excluding carboxylic acids is 2. The maximum absolute atomic E-state index is 12.8. The molecule has 0 atom stereocenters. The van der Waals surface area contributed by atoms with E-state index in [-0.39, 0.29) is 18.5 Å². The number of rotatable bonds is 4. The Morgan fingerprint density at radius 1 is 1.04 bits per heavy atom. The molecule has 0 aliphatic carbocycles.